The predicted octanol–water partition coefficient (Wildman–Crippen LogP) is -0.626. The summed E-state index contributed by atoms with van der Waals surface area (Å²) in [6, 6.07) is -0.0461. The van der Waals surface area contributed by atoms with E-state index in [2.05, 4.69) is 26.0 Å². The molecular weight excluding hydrogens is 742 g/mol. The molecule has 3 aliphatic heterocycles. The first kappa shape index (κ1) is 36.7. The molecule has 0 saturated carbocycles. The Bertz CT molecular complexity index is 1910. The van der Waals surface area contributed by atoms with Crippen LogP contribution in [0.3, 0.4) is 0 Å². The highest BCUT2D eigenvalue weighted by atomic mass is 35.5. The van der Waals surface area contributed by atoms with Crippen LogP contribution in [0.5, 0.6) is 11.5 Å². The molecular formula is C27H28ClN9O12S2. The first-order valence-electron chi connectivity index (χ1n) is 14.4. The summed E-state index contributed by atoms with van der Waals surface area (Å²) in [4.78, 5) is 91.5. The standard InChI is InChI=1S/C27H28ClN9O12S2/c1-26(2,22(43)44)49-34-15(11-8-50-24(29)30-11)18(40)31-16-20(42)35-9-27(23(45)46,51-21(16)35)36-6-7-37(25(36)47)32-19(41)14(33-48-3)10-4-5-12(38)17(39)13(10)28/h4-5,8,16,21,38-39H,6-7,9H2,1-3H3,(H2,29,30)(H,31,40)(H,32,41)(H,43,44)(H,45,46)/b33-14-,34-15-/t16-,21-,27-/m1/s1. The van der Waals surface area contributed by atoms with Crippen molar-refractivity contribution in [1.29, 1.82) is 0 Å². The lowest BCUT2D eigenvalue weighted by Crippen LogP contribution is -2.68. The number of aromatic nitrogens is 1. The van der Waals surface area contributed by atoms with Gasteiger partial charge in [-0.3, -0.25) is 24.7 Å². The van der Waals surface area contributed by atoms with Crippen molar-refractivity contribution in [3.63, 3.8) is 0 Å². The van der Waals surface area contributed by atoms with E-state index in [0.29, 0.717) is 11.8 Å². The van der Waals surface area contributed by atoms with Crippen LogP contribution in [0.25, 0.3) is 0 Å². The molecule has 0 bridgehead atoms. The van der Waals surface area contributed by atoms with Crippen LogP contribution in [0.1, 0.15) is 25.1 Å². The summed E-state index contributed by atoms with van der Waals surface area (Å²) >= 11 is 7.74. The highest BCUT2D eigenvalue weighted by Gasteiger charge is 2.66. The second-order valence-electron chi connectivity index (χ2n) is 11.4. The van der Waals surface area contributed by atoms with Gasteiger partial charge in [-0.2, -0.15) is 0 Å². The third-order valence-electron chi connectivity index (χ3n) is 7.75. The number of carbonyl (C=O) groups is 6. The number of hydrogen-bond donors (Lipinski definition) is 7. The number of phenols is 2. The van der Waals surface area contributed by atoms with E-state index in [4.69, 9.17) is 27.0 Å². The second kappa shape index (κ2) is 13.6. The molecule has 1 aromatic carbocycles. The minimum absolute atomic E-state index is 0.0534. The Kier molecular flexibility index (Phi) is 9.82. The van der Waals surface area contributed by atoms with Crippen molar-refractivity contribution in [2.75, 3.05) is 32.5 Å². The van der Waals surface area contributed by atoms with Crippen LogP contribution in [-0.2, 0) is 33.6 Å². The summed E-state index contributed by atoms with van der Waals surface area (Å²) in [6.07, 6.45) is 0. The van der Waals surface area contributed by atoms with Gasteiger partial charge < -0.3 is 46.1 Å². The average molecular weight is 770 g/mol. The Hall–Kier alpha value is -5.55. The monoisotopic (exact) mass is 769 g/mol. The Balaban J connectivity index is 1.32. The molecule has 3 fully saturated rings. The van der Waals surface area contributed by atoms with Gasteiger partial charge >= 0.3 is 18.0 Å². The van der Waals surface area contributed by atoms with Gasteiger partial charge in [-0.15, -0.1) is 11.3 Å². The second-order valence-corrected chi connectivity index (χ2v) is 14.0. The number of hydrazine groups is 1. The SMILES string of the molecule is CO/N=C(\C(=O)NN1CCN([C@]2(C(=O)O)CN3C(=O)[C@@H](NC(=O)/C(=N\OC(C)(C)C(=O)O)c4csc(N)n4)[C@H]3S2)C1=O)c1ccc(O)c(O)c1Cl. The largest absolute Gasteiger partial charge is 0.504 e. The van der Waals surface area contributed by atoms with E-state index in [0.717, 1.165) is 39.3 Å². The van der Waals surface area contributed by atoms with E-state index >= 15 is 0 Å². The molecule has 21 nitrogen and oxygen atoms in total. The van der Waals surface area contributed by atoms with Crippen molar-refractivity contribution in [3.8, 4) is 11.5 Å². The van der Waals surface area contributed by atoms with Gasteiger partial charge in [-0.25, -0.2) is 24.4 Å². The smallest absolute Gasteiger partial charge is 0.350 e. The maximum absolute atomic E-state index is 13.6. The Morgan fingerprint density at radius 2 is 1.82 bits per heavy atom. The van der Waals surface area contributed by atoms with Crippen molar-refractivity contribution >= 4 is 86.9 Å². The normalized spacial score (nSPS) is 22.0. The van der Waals surface area contributed by atoms with Crippen LogP contribution in [0.15, 0.2) is 27.8 Å². The number of nitrogen functional groups attached to an aromatic ring is 1. The molecule has 272 valence electrons. The highest BCUT2D eigenvalue weighted by molar-refractivity contribution is 8.02. The third kappa shape index (κ3) is 6.57. The number of benzene rings is 1. The minimum Gasteiger partial charge on any atom is -0.504 e. The number of halogens is 1. The first-order valence-corrected chi connectivity index (χ1v) is 16.5. The van der Waals surface area contributed by atoms with Crippen LogP contribution in [0.4, 0.5) is 9.93 Å². The number of β-lactam (4-membered cyclic amide) rings is 1. The summed E-state index contributed by atoms with van der Waals surface area (Å²) in [5.41, 5.74) is 4.89. The summed E-state index contributed by atoms with van der Waals surface area (Å²) in [7, 11) is 1.12. The molecule has 3 aliphatic rings. The van der Waals surface area contributed by atoms with Crippen molar-refractivity contribution in [2.45, 2.75) is 35.7 Å². The molecule has 5 rings (SSSR count). The van der Waals surface area contributed by atoms with Crippen LogP contribution in [0, 0.1) is 0 Å². The Morgan fingerprint density at radius 1 is 1.12 bits per heavy atom. The zero-order valence-corrected chi connectivity index (χ0v) is 28.9. The number of thiazole rings is 1. The number of aliphatic carboxylic acids is 2. The third-order valence-corrected chi connectivity index (χ3v) is 10.5. The number of carboxylic acid groups (broad SMARTS) is 2. The van der Waals surface area contributed by atoms with Crippen LogP contribution in [0.2, 0.25) is 5.02 Å². The van der Waals surface area contributed by atoms with Gasteiger partial charge in [0.15, 0.2) is 28.1 Å². The molecule has 51 heavy (non-hydrogen) atoms. The zero-order chi connectivity index (χ0) is 37.6. The van der Waals surface area contributed by atoms with Gasteiger partial charge in [-0.1, -0.05) is 33.7 Å². The number of aromatic hydroxyl groups is 2. The predicted molar refractivity (Wildman–Crippen MR) is 177 cm³/mol. The topological polar surface area (TPSA) is 299 Å². The number of rotatable bonds is 12. The number of hydrogen-bond acceptors (Lipinski definition) is 16. The molecule has 8 N–H and O–H groups in total. The molecule has 1 aromatic heterocycles. The lowest BCUT2D eigenvalue weighted by Gasteiger charge is -2.41. The molecule has 5 amide bonds. The van der Waals surface area contributed by atoms with Gasteiger partial charge in [0.05, 0.1) is 18.1 Å². The fraction of sp³-hybridized carbons (Fsp3) is 0.370. The summed E-state index contributed by atoms with van der Waals surface area (Å²) in [5, 5.41) is 50.0. The van der Waals surface area contributed by atoms with E-state index in [1.54, 1.807) is 0 Å². The first-order chi connectivity index (χ1) is 23.9. The highest BCUT2D eigenvalue weighted by Crippen LogP contribution is 2.49. The van der Waals surface area contributed by atoms with E-state index < -0.39 is 92.1 Å². The van der Waals surface area contributed by atoms with Gasteiger partial charge in [-0.05, 0) is 26.0 Å². The average Bonchev–Trinajstić information content (AvgIpc) is 3.77. The lowest BCUT2D eigenvalue weighted by molar-refractivity contribution is -0.161. The number of thioether (sulfide) groups is 1. The maximum Gasteiger partial charge on any atom is 0.350 e. The number of urea groups is 1. The lowest BCUT2D eigenvalue weighted by atomic mass is 10.1. The van der Waals surface area contributed by atoms with E-state index in [1.165, 1.54) is 25.3 Å². The quantitative estimate of drug-likeness (QED) is 0.0612. The number of carbonyl (C=O) groups excluding carboxylic acids is 4. The molecule has 0 unspecified atom stereocenters. The zero-order valence-electron chi connectivity index (χ0n) is 26.5. The fourth-order valence-electron chi connectivity index (χ4n) is 5.01. The number of carboxylic acids is 2. The van der Waals surface area contributed by atoms with Crippen LogP contribution < -0.4 is 16.5 Å². The van der Waals surface area contributed by atoms with Crippen molar-refractivity contribution < 1.29 is 58.9 Å². The molecule has 24 heteroatoms. The number of nitrogens with one attached hydrogen (secondary N) is 2. The number of nitrogens with zero attached hydrogens (tertiary/aromatic N) is 6. The number of oxime groups is 2. The molecule has 0 radical (unpaired) electrons. The number of nitrogens with two attached hydrogens (primary N) is 1. The van der Waals surface area contributed by atoms with Gasteiger partial charge in [0, 0.05) is 17.5 Å². The molecule has 2 aromatic rings. The molecule has 3 saturated heterocycles. The molecule has 0 spiro atoms. The van der Waals surface area contributed by atoms with Gasteiger partial charge in [0.1, 0.15) is 24.2 Å². The maximum atomic E-state index is 13.6. The number of anilines is 1. The Morgan fingerprint density at radius 3 is 2.43 bits per heavy atom. The van der Waals surface area contributed by atoms with Gasteiger partial charge in [0.25, 0.3) is 11.8 Å². The van der Waals surface area contributed by atoms with E-state index in [-0.39, 0.29) is 29.5 Å². The van der Waals surface area contributed by atoms with Crippen molar-refractivity contribution in [3.05, 3.63) is 33.8 Å². The minimum atomic E-state index is -2.05. The van der Waals surface area contributed by atoms with Gasteiger partial charge in [0.2, 0.25) is 16.4 Å². The molecule has 0 aliphatic carbocycles. The summed E-state index contributed by atoms with van der Waals surface area (Å²) in [5.74, 6) is -6.92. The molecule has 3 atom stereocenters. The Labute approximate surface area is 299 Å². The number of amides is 5. The van der Waals surface area contributed by atoms with Crippen molar-refractivity contribution in [1.82, 2.24) is 30.5 Å². The van der Waals surface area contributed by atoms with Crippen molar-refractivity contribution in [2.24, 2.45) is 10.3 Å². The van der Waals surface area contributed by atoms with E-state index in [1.807, 2.05) is 0 Å². The fourth-order valence-corrected chi connectivity index (χ4v) is 7.44. The number of phenolic OH excluding ortho intramolecular Hbond substituents is 2. The van der Waals surface area contributed by atoms with Crippen LogP contribution in [-0.4, -0.2) is 136 Å². The summed E-state index contributed by atoms with van der Waals surface area (Å²) < 4.78 is 0. The number of fused-ring (bicyclic) bond motifs is 1. The summed E-state index contributed by atoms with van der Waals surface area (Å²) in [6.45, 7) is 1.46. The molecule has 4 heterocycles. The van der Waals surface area contributed by atoms with Crippen LogP contribution >= 0.6 is 34.7 Å². The van der Waals surface area contributed by atoms with E-state index in [9.17, 15) is 49.2 Å².